The van der Waals surface area contributed by atoms with Crippen LogP contribution >= 0.6 is 0 Å². The van der Waals surface area contributed by atoms with Crippen LogP contribution in [0, 0.1) is 0 Å². The topological polar surface area (TPSA) is 9.23 Å². The first kappa shape index (κ1) is 15.9. The van der Waals surface area contributed by atoms with Gasteiger partial charge in [0.2, 0.25) is 0 Å². The standard InChI is InChI=1S/C10H12F6O/c11-1-7(2-12)9(5-15)17-10(6-16)8(3-13)4-14/h1-6H2. The number of rotatable bonds is 8. The first-order chi connectivity index (χ1) is 8.18. The Morgan fingerprint density at radius 2 is 0.824 bits per heavy atom. The third-order valence-electron chi connectivity index (χ3n) is 1.92. The highest BCUT2D eigenvalue weighted by atomic mass is 19.2. The Morgan fingerprint density at radius 1 is 0.529 bits per heavy atom. The second-order valence-electron chi connectivity index (χ2n) is 2.96. The molecule has 0 aliphatic heterocycles. The number of hydrogen-bond donors (Lipinski definition) is 0. The zero-order valence-electron chi connectivity index (χ0n) is 8.92. The molecule has 1 nitrogen and oxygen atoms in total. The summed E-state index contributed by atoms with van der Waals surface area (Å²) in [7, 11) is 0. The summed E-state index contributed by atoms with van der Waals surface area (Å²) >= 11 is 0. The maximum atomic E-state index is 12.4. The molecule has 0 atom stereocenters. The molecule has 0 heterocycles. The zero-order valence-corrected chi connectivity index (χ0v) is 8.92. The molecule has 100 valence electrons. The lowest BCUT2D eigenvalue weighted by Gasteiger charge is -2.13. The summed E-state index contributed by atoms with van der Waals surface area (Å²) in [4.78, 5) is 0. The lowest BCUT2D eigenvalue weighted by Crippen LogP contribution is -2.08. The van der Waals surface area contributed by atoms with Crippen LogP contribution in [0.15, 0.2) is 22.7 Å². The van der Waals surface area contributed by atoms with Crippen molar-refractivity contribution in [3.05, 3.63) is 22.7 Å². The molecule has 0 amide bonds. The van der Waals surface area contributed by atoms with Crippen LogP contribution in [0.1, 0.15) is 0 Å². The number of alkyl halides is 6. The monoisotopic (exact) mass is 262 g/mol. The first-order valence-corrected chi connectivity index (χ1v) is 4.63. The Kier molecular flexibility index (Phi) is 8.35. The van der Waals surface area contributed by atoms with Gasteiger partial charge in [0.05, 0.1) is 0 Å². The summed E-state index contributed by atoms with van der Waals surface area (Å²) < 4.78 is 78.1. The minimum Gasteiger partial charge on any atom is -0.460 e. The van der Waals surface area contributed by atoms with Gasteiger partial charge in [0.1, 0.15) is 51.6 Å². The molecule has 0 N–H and O–H groups in total. The van der Waals surface area contributed by atoms with E-state index in [-0.39, 0.29) is 0 Å². The van der Waals surface area contributed by atoms with Crippen molar-refractivity contribution in [2.75, 3.05) is 40.0 Å². The van der Waals surface area contributed by atoms with Crippen LogP contribution in [-0.4, -0.2) is 40.0 Å². The molecule has 0 aliphatic rings. The van der Waals surface area contributed by atoms with Crippen molar-refractivity contribution in [3.63, 3.8) is 0 Å². The van der Waals surface area contributed by atoms with E-state index in [4.69, 9.17) is 0 Å². The summed E-state index contributed by atoms with van der Waals surface area (Å²) in [5, 5.41) is 0. The lowest BCUT2D eigenvalue weighted by atomic mass is 10.2. The molecule has 0 spiro atoms. The fourth-order valence-corrected chi connectivity index (χ4v) is 0.906. The van der Waals surface area contributed by atoms with Gasteiger partial charge >= 0.3 is 0 Å². The SMILES string of the molecule is FCC(CF)=C(CF)OC(CF)=C(CF)CF. The highest BCUT2D eigenvalue weighted by molar-refractivity contribution is 5.17. The Morgan fingerprint density at radius 3 is 1.00 bits per heavy atom. The van der Waals surface area contributed by atoms with E-state index in [0.29, 0.717) is 0 Å². The molecule has 0 fully saturated rings. The third kappa shape index (κ3) is 4.70. The van der Waals surface area contributed by atoms with Crippen molar-refractivity contribution in [3.8, 4) is 0 Å². The fraction of sp³-hybridized carbons (Fsp3) is 0.600. The van der Waals surface area contributed by atoms with E-state index >= 15 is 0 Å². The molecule has 0 bridgehead atoms. The molecule has 0 aromatic heterocycles. The molecule has 0 saturated heterocycles. The minimum atomic E-state index is -1.39. The largest absolute Gasteiger partial charge is 0.460 e. The Bertz CT molecular complexity index is 247. The van der Waals surface area contributed by atoms with Crippen molar-refractivity contribution < 1.29 is 31.1 Å². The maximum Gasteiger partial charge on any atom is 0.147 e. The number of ether oxygens (including phenoxy) is 1. The van der Waals surface area contributed by atoms with Gasteiger partial charge in [0.25, 0.3) is 0 Å². The summed E-state index contributed by atoms with van der Waals surface area (Å²) in [6.07, 6.45) is 0. The van der Waals surface area contributed by atoms with Crippen molar-refractivity contribution >= 4 is 0 Å². The quantitative estimate of drug-likeness (QED) is 0.481. The molecule has 0 saturated carbocycles. The molecular formula is C10H12F6O. The fourth-order valence-electron chi connectivity index (χ4n) is 0.906. The second-order valence-corrected chi connectivity index (χ2v) is 2.96. The van der Waals surface area contributed by atoms with E-state index in [1.807, 2.05) is 0 Å². The highest BCUT2D eigenvalue weighted by Gasteiger charge is 2.15. The van der Waals surface area contributed by atoms with Gasteiger partial charge in [-0.1, -0.05) is 0 Å². The van der Waals surface area contributed by atoms with E-state index in [2.05, 4.69) is 4.74 Å². The van der Waals surface area contributed by atoms with E-state index < -0.39 is 62.7 Å². The van der Waals surface area contributed by atoms with Gasteiger partial charge in [-0.3, -0.25) is 0 Å². The van der Waals surface area contributed by atoms with Crippen LogP contribution in [0.2, 0.25) is 0 Å². The van der Waals surface area contributed by atoms with Crippen molar-refractivity contribution in [2.24, 2.45) is 0 Å². The van der Waals surface area contributed by atoms with E-state index in [1.54, 1.807) is 0 Å². The highest BCUT2D eigenvalue weighted by Crippen LogP contribution is 2.18. The Labute approximate surface area is 94.8 Å². The lowest BCUT2D eigenvalue weighted by molar-refractivity contribution is 0.221. The maximum absolute atomic E-state index is 12.4. The minimum absolute atomic E-state index is 0.657. The van der Waals surface area contributed by atoms with Gasteiger partial charge < -0.3 is 4.74 Å². The molecule has 0 unspecified atom stereocenters. The molecule has 0 aliphatic carbocycles. The number of allylic oxidation sites excluding steroid dienone is 4. The third-order valence-corrected chi connectivity index (χ3v) is 1.92. The number of halogens is 6. The van der Waals surface area contributed by atoms with Gasteiger partial charge in [-0.25, -0.2) is 26.3 Å². The van der Waals surface area contributed by atoms with Crippen molar-refractivity contribution in [1.82, 2.24) is 0 Å². The van der Waals surface area contributed by atoms with Crippen LogP contribution in [-0.2, 0) is 4.74 Å². The molecular weight excluding hydrogens is 250 g/mol. The molecule has 7 heteroatoms. The normalized spacial score (nSPS) is 10.0. The van der Waals surface area contributed by atoms with Gasteiger partial charge in [0, 0.05) is 11.1 Å². The average molecular weight is 262 g/mol. The van der Waals surface area contributed by atoms with Gasteiger partial charge in [-0.05, 0) is 0 Å². The average Bonchev–Trinajstić information content (AvgIpc) is 2.37. The van der Waals surface area contributed by atoms with Crippen LogP contribution in [0.25, 0.3) is 0 Å². The molecule has 0 aromatic rings. The molecule has 17 heavy (non-hydrogen) atoms. The van der Waals surface area contributed by atoms with Gasteiger partial charge in [-0.2, -0.15) is 0 Å². The predicted molar refractivity (Wildman–Crippen MR) is 51.0 cm³/mol. The smallest absolute Gasteiger partial charge is 0.147 e. The second kappa shape index (κ2) is 8.95. The van der Waals surface area contributed by atoms with E-state index in [9.17, 15) is 26.3 Å². The summed E-state index contributed by atoms with van der Waals surface area (Å²) in [6.45, 7) is -8.07. The van der Waals surface area contributed by atoms with Gasteiger partial charge in [0.15, 0.2) is 0 Å². The molecule has 0 radical (unpaired) electrons. The van der Waals surface area contributed by atoms with Crippen LogP contribution in [0.5, 0.6) is 0 Å². The van der Waals surface area contributed by atoms with E-state index in [0.717, 1.165) is 0 Å². The predicted octanol–water partition coefficient (Wildman–Crippen LogP) is 3.33. The van der Waals surface area contributed by atoms with Crippen molar-refractivity contribution in [2.45, 2.75) is 0 Å². The van der Waals surface area contributed by atoms with Crippen LogP contribution < -0.4 is 0 Å². The van der Waals surface area contributed by atoms with Crippen LogP contribution in [0.3, 0.4) is 0 Å². The van der Waals surface area contributed by atoms with Crippen LogP contribution in [0.4, 0.5) is 26.3 Å². The van der Waals surface area contributed by atoms with Gasteiger partial charge in [-0.15, -0.1) is 0 Å². The summed E-state index contributed by atoms with van der Waals surface area (Å²) in [5.41, 5.74) is -1.31. The Hall–Kier alpha value is -1.14. The number of hydrogen-bond acceptors (Lipinski definition) is 1. The first-order valence-electron chi connectivity index (χ1n) is 4.63. The van der Waals surface area contributed by atoms with E-state index in [1.165, 1.54) is 0 Å². The summed E-state index contributed by atoms with van der Waals surface area (Å²) in [5.74, 6) is -1.58. The molecule has 0 aromatic carbocycles. The Balaban J connectivity index is 5.10. The molecule has 0 rings (SSSR count). The van der Waals surface area contributed by atoms with Crippen molar-refractivity contribution in [1.29, 1.82) is 0 Å². The zero-order chi connectivity index (χ0) is 13.3. The summed E-state index contributed by atoms with van der Waals surface area (Å²) in [6, 6.07) is 0.